The molecule has 1 rings (SSSR count). The maximum Gasteiger partial charge on any atom is 0.143 e. The zero-order chi connectivity index (χ0) is 14.7. The molecule has 0 spiro atoms. The Labute approximate surface area is 116 Å². The van der Waals surface area contributed by atoms with E-state index in [0.29, 0.717) is 18.8 Å². The van der Waals surface area contributed by atoms with Gasteiger partial charge in [0.1, 0.15) is 11.5 Å². The lowest BCUT2D eigenvalue weighted by Crippen LogP contribution is -2.16. The highest BCUT2D eigenvalue weighted by Crippen LogP contribution is 2.30. The van der Waals surface area contributed by atoms with Crippen molar-refractivity contribution in [1.29, 1.82) is 0 Å². The molecule has 1 aliphatic rings. The van der Waals surface area contributed by atoms with Crippen LogP contribution in [0, 0.1) is 10.8 Å². The second-order valence-electron chi connectivity index (χ2n) is 7.09. The molecule has 0 saturated carbocycles. The maximum absolute atomic E-state index is 8.89. The summed E-state index contributed by atoms with van der Waals surface area (Å²) >= 11 is 0. The van der Waals surface area contributed by atoms with Gasteiger partial charge in [0.25, 0.3) is 0 Å². The summed E-state index contributed by atoms with van der Waals surface area (Å²) in [4.78, 5) is 4.43. The van der Waals surface area contributed by atoms with Gasteiger partial charge in [-0.3, -0.25) is 0 Å². The van der Waals surface area contributed by atoms with Crippen LogP contribution in [0.5, 0.6) is 0 Å². The van der Waals surface area contributed by atoms with Gasteiger partial charge in [-0.05, 0) is 30.6 Å². The van der Waals surface area contributed by atoms with Crippen molar-refractivity contribution in [2.24, 2.45) is 10.8 Å². The number of hydrogen-bond acceptors (Lipinski definition) is 3. The predicted molar refractivity (Wildman–Crippen MR) is 77.4 cm³/mol. The van der Waals surface area contributed by atoms with E-state index in [1.165, 1.54) is 0 Å². The minimum Gasteiger partial charge on any atom is -0.493 e. The second kappa shape index (κ2) is 5.83. The average Bonchev–Trinajstić information content (AvgIpc) is 2.21. The number of ether oxygens (including phenoxy) is 1. The fourth-order valence-corrected chi connectivity index (χ4v) is 1.93. The van der Waals surface area contributed by atoms with Gasteiger partial charge in [0.05, 0.1) is 6.61 Å². The molecule has 108 valence electrons. The zero-order valence-corrected chi connectivity index (χ0v) is 12.9. The molecule has 0 aromatic heterocycles. The van der Waals surface area contributed by atoms with Gasteiger partial charge in [-0.2, -0.15) is 0 Å². The van der Waals surface area contributed by atoms with Crippen LogP contribution in [0.1, 0.15) is 48.0 Å². The molecule has 0 aliphatic heterocycles. The van der Waals surface area contributed by atoms with E-state index in [9.17, 15) is 0 Å². The third-order valence-corrected chi connectivity index (χ3v) is 2.68. The summed E-state index contributed by atoms with van der Waals surface area (Å²) in [7, 11) is 0. The fourth-order valence-electron chi connectivity index (χ4n) is 1.93. The van der Waals surface area contributed by atoms with E-state index in [1.54, 1.807) is 0 Å². The van der Waals surface area contributed by atoms with E-state index in [0.717, 1.165) is 11.3 Å². The van der Waals surface area contributed by atoms with Crippen LogP contribution in [-0.2, 0) is 9.62 Å². The van der Waals surface area contributed by atoms with Crippen molar-refractivity contribution in [3.63, 3.8) is 0 Å². The van der Waals surface area contributed by atoms with Crippen molar-refractivity contribution < 1.29 is 14.9 Å². The van der Waals surface area contributed by atoms with Crippen LogP contribution >= 0.6 is 0 Å². The van der Waals surface area contributed by atoms with Gasteiger partial charge in [0.15, 0.2) is 0 Å². The fraction of sp³-hybridized carbons (Fsp3) is 0.625. The van der Waals surface area contributed by atoms with Crippen LogP contribution in [0.4, 0.5) is 0 Å². The molecular weight excluding hydrogens is 240 g/mol. The number of hydrogen-bond donors (Lipinski definition) is 1. The van der Waals surface area contributed by atoms with Crippen LogP contribution in [0.15, 0.2) is 35.3 Å². The molecule has 0 radical (unpaired) electrons. The third-order valence-electron chi connectivity index (χ3n) is 2.68. The van der Waals surface area contributed by atoms with Crippen molar-refractivity contribution in [2.45, 2.75) is 48.0 Å². The summed E-state index contributed by atoms with van der Waals surface area (Å²) in [5, 5.41) is 8.89. The highest BCUT2D eigenvalue weighted by atomic mass is 17.1. The van der Waals surface area contributed by atoms with Crippen molar-refractivity contribution in [3.8, 4) is 0 Å². The minimum absolute atomic E-state index is 0.129. The van der Waals surface area contributed by atoms with Crippen molar-refractivity contribution in [2.75, 3.05) is 6.61 Å². The summed E-state index contributed by atoms with van der Waals surface area (Å²) in [6.07, 6.45) is 6.58. The molecule has 19 heavy (non-hydrogen) atoms. The molecule has 0 saturated heterocycles. The standard InChI is InChI=1S/C16H26O3/c1-12-7-13(18-11-15(2,3)4)9-16(5,6)10-14(8-12)19-17/h7,9-10,17H,8,11H2,1-6H3/b12-7?,13-9+,14-10+. The maximum atomic E-state index is 8.89. The number of allylic oxidation sites excluding steroid dienone is 4. The third kappa shape index (κ3) is 5.97. The molecule has 0 bridgehead atoms. The second-order valence-corrected chi connectivity index (χ2v) is 7.09. The van der Waals surface area contributed by atoms with E-state index < -0.39 is 0 Å². The Bertz CT molecular complexity index is 406. The number of rotatable bonds is 3. The zero-order valence-electron chi connectivity index (χ0n) is 12.9. The first kappa shape index (κ1) is 15.8. The Morgan fingerprint density at radius 2 is 1.89 bits per heavy atom. The molecule has 0 fully saturated rings. The lowest BCUT2D eigenvalue weighted by Gasteiger charge is -2.24. The van der Waals surface area contributed by atoms with Crippen molar-refractivity contribution >= 4 is 0 Å². The van der Waals surface area contributed by atoms with Crippen LogP contribution in [-0.4, -0.2) is 11.9 Å². The SMILES string of the molecule is CC1=C/C(OCC(C)(C)C)=C\C(C)(C)/C=C(/OO)C1. The van der Waals surface area contributed by atoms with Gasteiger partial charge in [0.2, 0.25) is 0 Å². The first-order valence-corrected chi connectivity index (χ1v) is 6.67. The van der Waals surface area contributed by atoms with Crippen LogP contribution in [0.2, 0.25) is 0 Å². The molecule has 0 atom stereocenters. The molecule has 0 heterocycles. The van der Waals surface area contributed by atoms with E-state index in [-0.39, 0.29) is 10.8 Å². The average molecular weight is 266 g/mol. The smallest absolute Gasteiger partial charge is 0.143 e. The van der Waals surface area contributed by atoms with E-state index >= 15 is 0 Å². The van der Waals surface area contributed by atoms with E-state index in [1.807, 2.05) is 19.1 Å². The molecule has 0 aromatic rings. The molecule has 1 aliphatic carbocycles. The Balaban J connectivity index is 2.97. The van der Waals surface area contributed by atoms with Gasteiger partial charge in [0, 0.05) is 11.8 Å². The van der Waals surface area contributed by atoms with E-state index in [4.69, 9.17) is 9.99 Å². The lowest BCUT2D eigenvalue weighted by molar-refractivity contribution is -0.205. The first-order valence-electron chi connectivity index (χ1n) is 6.67. The molecule has 1 N–H and O–H groups in total. The van der Waals surface area contributed by atoms with Gasteiger partial charge in [-0.25, -0.2) is 5.26 Å². The van der Waals surface area contributed by atoms with Crippen molar-refractivity contribution in [3.05, 3.63) is 35.3 Å². The molecule has 0 aromatic carbocycles. The lowest BCUT2D eigenvalue weighted by atomic mass is 9.89. The first-order chi connectivity index (χ1) is 8.61. The largest absolute Gasteiger partial charge is 0.493 e. The highest BCUT2D eigenvalue weighted by Gasteiger charge is 2.20. The normalized spacial score (nSPS) is 25.1. The molecule has 3 nitrogen and oxygen atoms in total. The van der Waals surface area contributed by atoms with Gasteiger partial charge in [-0.1, -0.05) is 40.2 Å². The van der Waals surface area contributed by atoms with E-state index in [2.05, 4.69) is 45.6 Å². The molecule has 0 unspecified atom stereocenters. The Morgan fingerprint density at radius 3 is 2.42 bits per heavy atom. The van der Waals surface area contributed by atoms with Crippen LogP contribution in [0.25, 0.3) is 0 Å². The van der Waals surface area contributed by atoms with Crippen molar-refractivity contribution in [1.82, 2.24) is 0 Å². The predicted octanol–water partition coefficient (Wildman–Crippen LogP) is 4.68. The quantitative estimate of drug-likeness (QED) is 0.595. The summed E-state index contributed by atoms with van der Waals surface area (Å²) in [6, 6.07) is 0. The van der Waals surface area contributed by atoms with Gasteiger partial charge >= 0.3 is 0 Å². The summed E-state index contributed by atoms with van der Waals surface area (Å²) in [6.45, 7) is 13.2. The highest BCUT2D eigenvalue weighted by molar-refractivity contribution is 5.28. The van der Waals surface area contributed by atoms with Crippen LogP contribution in [0.3, 0.4) is 0 Å². The Hall–Kier alpha value is -1.22. The summed E-state index contributed by atoms with van der Waals surface area (Å²) in [5.41, 5.74) is 1.00. The molecular formula is C16H26O3. The van der Waals surface area contributed by atoms with Crippen LogP contribution < -0.4 is 0 Å². The topological polar surface area (TPSA) is 38.7 Å². The molecule has 3 heteroatoms. The van der Waals surface area contributed by atoms with Gasteiger partial charge in [-0.15, -0.1) is 0 Å². The molecule has 0 amide bonds. The summed E-state index contributed by atoms with van der Waals surface area (Å²) in [5.74, 6) is 1.45. The van der Waals surface area contributed by atoms with Gasteiger partial charge < -0.3 is 9.62 Å². The Morgan fingerprint density at radius 1 is 1.26 bits per heavy atom. The summed E-state index contributed by atoms with van der Waals surface area (Å²) < 4.78 is 5.91. The Kier molecular flexibility index (Phi) is 4.86. The minimum atomic E-state index is -0.220. The monoisotopic (exact) mass is 266 g/mol.